The topological polar surface area (TPSA) is 119 Å². The Morgan fingerprint density at radius 3 is 2.82 bits per heavy atom. The molecule has 0 aliphatic carbocycles. The Bertz CT molecular complexity index is 940. The summed E-state index contributed by atoms with van der Waals surface area (Å²) in [5.74, 6) is -0.736. The van der Waals surface area contributed by atoms with E-state index in [-0.39, 0.29) is 18.4 Å². The van der Waals surface area contributed by atoms with E-state index in [1.54, 1.807) is 12.3 Å². The maximum atomic E-state index is 12.7. The van der Waals surface area contributed by atoms with E-state index in [0.29, 0.717) is 35.9 Å². The van der Waals surface area contributed by atoms with Gasteiger partial charge >= 0.3 is 5.97 Å². The number of aromatic nitrogens is 2. The molecule has 3 N–H and O–H groups in total. The zero-order chi connectivity index (χ0) is 19.8. The molecule has 0 saturated carbocycles. The largest absolute Gasteiger partial charge is 0.480 e. The summed E-state index contributed by atoms with van der Waals surface area (Å²) in [5, 5.41) is 9.22. The average Bonchev–Trinajstić information content (AvgIpc) is 3.04. The van der Waals surface area contributed by atoms with Gasteiger partial charge in [-0.2, -0.15) is 0 Å². The lowest BCUT2D eigenvalue weighted by Crippen LogP contribution is -2.38. The monoisotopic (exact) mass is 382 g/mol. The second-order valence-corrected chi connectivity index (χ2v) is 7.23. The number of nitrogens with zero attached hydrogens (tertiary/aromatic N) is 3. The number of hydrogen-bond donors (Lipinski definition) is 2. The molecular weight excluding hydrogens is 360 g/mol. The van der Waals surface area contributed by atoms with Crippen LogP contribution in [0.4, 0.5) is 5.82 Å². The van der Waals surface area contributed by atoms with Gasteiger partial charge < -0.3 is 20.5 Å². The summed E-state index contributed by atoms with van der Waals surface area (Å²) in [7, 11) is 0. The maximum absolute atomic E-state index is 12.7. The van der Waals surface area contributed by atoms with Crippen LogP contribution in [-0.2, 0) is 16.1 Å². The fraction of sp³-hybridized carbons (Fsp3) is 0.400. The molecule has 2 aliphatic rings. The molecule has 2 aromatic rings. The normalized spacial score (nSPS) is 18.2. The van der Waals surface area contributed by atoms with Crippen molar-refractivity contribution in [1.29, 1.82) is 0 Å². The van der Waals surface area contributed by atoms with Crippen LogP contribution >= 0.6 is 0 Å². The second kappa shape index (κ2) is 7.20. The van der Waals surface area contributed by atoms with Crippen molar-refractivity contribution >= 4 is 17.7 Å². The van der Waals surface area contributed by atoms with Crippen LogP contribution in [0.3, 0.4) is 0 Å². The van der Waals surface area contributed by atoms with E-state index < -0.39 is 12.0 Å². The molecule has 0 bridgehead atoms. The van der Waals surface area contributed by atoms with E-state index in [0.717, 1.165) is 24.1 Å². The molecule has 8 nitrogen and oxygen atoms in total. The number of nitrogens with two attached hydrogens (primary N) is 1. The maximum Gasteiger partial charge on any atom is 0.326 e. The highest BCUT2D eigenvalue weighted by Crippen LogP contribution is 2.32. The van der Waals surface area contributed by atoms with E-state index in [1.165, 1.54) is 11.8 Å². The van der Waals surface area contributed by atoms with E-state index in [4.69, 9.17) is 15.5 Å². The van der Waals surface area contributed by atoms with Crippen molar-refractivity contribution in [3.05, 3.63) is 41.2 Å². The number of carbonyl (C=O) groups is 2. The standard InChI is InChI=1S/C20H22N4O4/c1-11(20(26)27)24-10-14-3-2-13(8-15(14)19(24)25)17-18(21)22-9-16(23-17)12-4-6-28-7-5-12/h2-3,8-9,11-12H,4-7,10H2,1H3,(H2,21,22)(H,26,27)/t11-/m1/s1. The lowest BCUT2D eigenvalue weighted by atomic mass is 9.96. The molecule has 1 fully saturated rings. The van der Waals surface area contributed by atoms with Crippen LogP contribution in [0.25, 0.3) is 11.3 Å². The second-order valence-electron chi connectivity index (χ2n) is 7.23. The minimum Gasteiger partial charge on any atom is -0.480 e. The van der Waals surface area contributed by atoms with Crippen LogP contribution in [0, 0.1) is 0 Å². The Labute approximate surface area is 162 Å². The van der Waals surface area contributed by atoms with Gasteiger partial charge in [0.1, 0.15) is 17.6 Å². The third-order valence-corrected chi connectivity index (χ3v) is 5.50. The molecule has 2 aliphatic heterocycles. The van der Waals surface area contributed by atoms with Crippen molar-refractivity contribution in [1.82, 2.24) is 14.9 Å². The lowest BCUT2D eigenvalue weighted by molar-refractivity contribution is -0.141. The molecule has 8 heteroatoms. The van der Waals surface area contributed by atoms with E-state index >= 15 is 0 Å². The molecule has 4 rings (SSSR count). The minimum absolute atomic E-state index is 0.281. The molecule has 1 aromatic carbocycles. The Balaban J connectivity index is 1.67. The van der Waals surface area contributed by atoms with Crippen molar-refractivity contribution in [3.8, 4) is 11.3 Å². The number of nitrogen functional groups attached to an aromatic ring is 1. The first-order valence-electron chi connectivity index (χ1n) is 9.33. The Morgan fingerprint density at radius 2 is 2.11 bits per heavy atom. The summed E-state index contributed by atoms with van der Waals surface area (Å²) >= 11 is 0. The van der Waals surface area contributed by atoms with E-state index in [9.17, 15) is 14.7 Å². The molecule has 1 saturated heterocycles. The first-order chi connectivity index (χ1) is 13.5. The predicted octanol–water partition coefficient (Wildman–Crippen LogP) is 2.05. The van der Waals surface area contributed by atoms with Gasteiger partial charge in [-0.15, -0.1) is 0 Å². The van der Waals surface area contributed by atoms with Gasteiger partial charge in [-0.1, -0.05) is 12.1 Å². The van der Waals surface area contributed by atoms with Crippen molar-refractivity contribution in [3.63, 3.8) is 0 Å². The van der Waals surface area contributed by atoms with Crippen molar-refractivity contribution in [2.75, 3.05) is 18.9 Å². The smallest absolute Gasteiger partial charge is 0.326 e. The van der Waals surface area contributed by atoms with Crippen molar-refractivity contribution in [2.45, 2.75) is 38.3 Å². The zero-order valence-electron chi connectivity index (χ0n) is 15.6. The van der Waals surface area contributed by atoms with Gasteiger partial charge in [-0.05, 0) is 31.4 Å². The van der Waals surface area contributed by atoms with Crippen molar-refractivity contribution in [2.24, 2.45) is 0 Å². The number of fused-ring (bicyclic) bond motifs is 1. The molecule has 1 aromatic heterocycles. The van der Waals surface area contributed by atoms with E-state index in [2.05, 4.69) is 4.98 Å². The molecule has 0 radical (unpaired) electrons. The highest BCUT2D eigenvalue weighted by Gasteiger charge is 2.34. The van der Waals surface area contributed by atoms with Crippen LogP contribution in [0.2, 0.25) is 0 Å². The highest BCUT2D eigenvalue weighted by atomic mass is 16.5. The number of carbonyl (C=O) groups excluding carboxylic acids is 1. The summed E-state index contributed by atoms with van der Waals surface area (Å²) in [6.07, 6.45) is 3.50. The number of benzene rings is 1. The molecule has 1 atom stereocenters. The van der Waals surface area contributed by atoms with Crippen LogP contribution in [0.15, 0.2) is 24.4 Å². The van der Waals surface area contributed by atoms with Crippen LogP contribution < -0.4 is 5.73 Å². The first kappa shape index (κ1) is 18.4. The SMILES string of the molecule is C[C@H](C(=O)O)N1Cc2ccc(-c3nc(C4CCOCC4)cnc3N)cc2C1=O. The summed E-state index contributed by atoms with van der Waals surface area (Å²) in [5.41, 5.74) is 9.49. The zero-order valence-corrected chi connectivity index (χ0v) is 15.6. The van der Waals surface area contributed by atoms with Gasteiger partial charge in [-0.25, -0.2) is 14.8 Å². The summed E-state index contributed by atoms with van der Waals surface area (Å²) in [4.78, 5) is 34.4. The quantitative estimate of drug-likeness (QED) is 0.830. The summed E-state index contributed by atoms with van der Waals surface area (Å²) < 4.78 is 5.41. The molecule has 28 heavy (non-hydrogen) atoms. The summed E-state index contributed by atoms with van der Waals surface area (Å²) in [6.45, 7) is 3.20. The predicted molar refractivity (Wildman–Crippen MR) is 102 cm³/mol. The number of hydrogen-bond acceptors (Lipinski definition) is 6. The Kier molecular flexibility index (Phi) is 4.72. The molecule has 3 heterocycles. The van der Waals surface area contributed by atoms with Gasteiger partial charge in [0.05, 0.1) is 11.9 Å². The fourth-order valence-corrected chi connectivity index (χ4v) is 3.73. The number of ether oxygens (including phenoxy) is 1. The number of carboxylic acids is 1. The Hall–Kier alpha value is -3.00. The molecule has 0 spiro atoms. The number of rotatable bonds is 4. The third kappa shape index (κ3) is 3.20. The van der Waals surface area contributed by atoms with Gasteiger partial charge in [0.25, 0.3) is 5.91 Å². The van der Waals surface area contributed by atoms with E-state index in [1.807, 2.05) is 12.1 Å². The van der Waals surface area contributed by atoms with Gasteiger partial charge in [0, 0.05) is 36.8 Å². The van der Waals surface area contributed by atoms with Crippen molar-refractivity contribution < 1.29 is 19.4 Å². The highest BCUT2D eigenvalue weighted by molar-refractivity contribution is 6.01. The van der Waals surface area contributed by atoms with Gasteiger partial charge in [-0.3, -0.25) is 4.79 Å². The number of carboxylic acid groups (broad SMARTS) is 1. The van der Waals surface area contributed by atoms with Crippen LogP contribution in [0.5, 0.6) is 0 Å². The minimum atomic E-state index is -1.03. The molecule has 146 valence electrons. The lowest BCUT2D eigenvalue weighted by Gasteiger charge is -2.22. The Morgan fingerprint density at radius 1 is 1.36 bits per heavy atom. The van der Waals surface area contributed by atoms with Gasteiger partial charge in [0.2, 0.25) is 0 Å². The first-order valence-corrected chi connectivity index (χ1v) is 9.33. The number of anilines is 1. The third-order valence-electron chi connectivity index (χ3n) is 5.50. The molecule has 1 amide bonds. The fourth-order valence-electron chi connectivity index (χ4n) is 3.73. The number of amides is 1. The van der Waals surface area contributed by atoms with Crippen LogP contribution in [-0.4, -0.2) is 51.1 Å². The van der Waals surface area contributed by atoms with Gasteiger partial charge in [0.15, 0.2) is 0 Å². The molecule has 0 unspecified atom stereocenters. The number of aliphatic carboxylic acids is 1. The van der Waals surface area contributed by atoms with Crippen LogP contribution in [0.1, 0.15) is 47.3 Å². The summed E-state index contributed by atoms with van der Waals surface area (Å²) in [6, 6.07) is 4.54. The average molecular weight is 382 g/mol. The molecular formula is C20H22N4O4.